The summed E-state index contributed by atoms with van der Waals surface area (Å²) in [5, 5.41) is 9.39. The average Bonchev–Trinajstić information content (AvgIpc) is 3.17. The third-order valence-corrected chi connectivity index (χ3v) is 6.58. The van der Waals surface area contributed by atoms with Gasteiger partial charge in [-0.1, -0.05) is 43.7 Å². The zero-order chi connectivity index (χ0) is 24.0. The van der Waals surface area contributed by atoms with E-state index in [0.717, 1.165) is 74.1 Å². The van der Waals surface area contributed by atoms with E-state index in [1.54, 1.807) is 0 Å². The molecule has 1 aliphatic heterocycles. The summed E-state index contributed by atoms with van der Waals surface area (Å²) in [5.41, 5.74) is 13.6. The summed E-state index contributed by atoms with van der Waals surface area (Å²) in [5.74, 6) is 2.17. The molecule has 2 N–H and O–H groups in total. The number of nitrogens with one attached hydrogen (secondary N) is 2. The number of hydrogen-bond acceptors (Lipinski definition) is 4. The molecule has 3 aliphatic rings. The van der Waals surface area contributed by atoms with Gasteiger partial charge in [0.15, 0.2) is 0 Å². The minimum absolute atomic E-state index is 0.0868. The van der Waals surface area contributed by atoms with Crippen LogP contribution in [0.15, 0.2) is 70.1 Å². The summed E-state index contributed by atoms with van der Waals surface area (Å²) in [6.45, 7) is 7.22. The van der Waals surface area contributed by atoms with E-state index in [1.807, 2.05) is 24.3 Å². The zero-order valence-corrected chi connectivity index (χ0v) is 20.7. The Hall–Kier alpha value is -3.26. The first-order chi connectivity index (χ1) is 16.5. The third-order valence-electron chi connectivity index (χ3n) is 6.58. The van der Waals surface area contributed by atoms with Gasteiger partial charge in [0.05, 0.1) is 18.2 Å². The third kappa shape index (κ3) is 5.99. The molecule has 1 aromatic carbocycles. The van der Waals surface area contributed by atoms with Crippen molar-refractivity contribution in [1.29, 1.82) is 5.26 Å². The van der Waals surface area contributed by atoms with Crippen LogP contribution < -0.4 is 10.9 Å². The number of hydrogen-bond donors (Lipinski definition) is 2. The Morgan fingerprint density at radius 3 is 2.76 bits per heavy atom. The van der Waals surface area contributed by atoms with Gasteiger partial charge in [-0.2, -0.15) is 5.26 Å². The smallest absolute Gasteiger partial charge is 0.115 e. The molecule has 5 heteroatoms. The van der Waals surface area contributed by atoms with Crippen LogP contribution in [0.25, 0.3) is 5.57 Å². The highest BCUT2D eigenvalue weighted by Crippen LogP contribution is 2.39. The fraction of sp³-hybridized carbons (Fsp3) is 0.448. The second-order valence-corrected chi connectivity index (χ2v) is 9.95. The van der Waals surface area contributed by atoms with Gasteiger partial charge in [-0.15, -0.1) is 0 Å². The molecule has 0 aromatic heterocycles. The van der Waals surface area contributed by atoms with Crippen molar-refractivity contribution in [3.63, 3.8) is 0 Å². The van der Waals surface area contributed by atoms with Crippen LogP contribution in [0.5, 0.6) is 0 Å². The number of hydrazine groups is 1. The molecule has 1 heterocycles. The molecular formula is C29H36N4O. The number of unbranched alkanes of at least 4 members (excludes halogenated alkanes) is 1. The van der Waals surface area contributed by atoms with E-state index in [9.17, 15) is 5.26 Å². The summed E-state index contributed by atoms with van der Waals surface area (Å²) in [4.78, 5) is 4.92. The number of rotatable bonds is 8. The van der Waals surface area contributed by atoms with Crippen LogP contribution in [0.3, 0.4) is 0 Å². The molecule has 0 spiro atoms. The van der Waals surface area contributed by atoms with Crippen molar-refractivity contribution in [2.75, 3.05) is 6.54 Å². The summed E-state index contributed by atoms with van der Waals surface area (Å²) in [6.07, 6.45) is 14.6. The summed E-state index contributed by atoms with van der Waals surface area (Å²) >= 11 is 0. The highest BCUT2D eigenvalue weighted by Gasteiger charge is 2.33. The molecule has 0 amide bonds. The molecule has 2 aliphatic carbocycles. The summed E-state index contributed by atoms with van der Waals surface area (Å²) in [7, 11) is 0. The Balaban J connectivity index is 1.38. The fourth-order valence-electron chi connectivity index (χ4n) is 4.74. The van der Waals surface area contributed by atoms with Crippen LogP contribution in [0, 0.1) is 11.3 Å². The van der Waals surface area contributed by atoms with Gasteiger partial charge in [0, 0.05) is 25.0 Å². The molecule has 0 fully saturated rings. The lowest BCUT2D eigenvalue weighted by atomic mass is 9.91. The minimum Gasteiger partial charge on any atom is -0.492 e. The predicted molar refractivity (Wildman–Crippen MR) is 139 cm³/mol. The number of ether oxygens (including phenoxy) is 1. The number of nitriles is 1. The van der Waals surface area contributed by atoms with Gasteiger partial charge in [-0.25, -0.2) is 0 Å². The highest BCUT2D eigenvalue weighted by atomic mass is 16.5. The molecule has 4 rings (SSSR count). The van der Waals surface area contributed by atoms with Crippen molar-refractivity contribution in [3.05, 3.63) is 76.2 Å². The van der Waals surface area contributed by atoms with Crippen molar-refractivity contribution >= 4 is 11.4 Å². The number of nitrogens with zero attached hydrogens (tertiary/aromatic N) is 2. The largest absolute Gasteiger partial charge is 0.492 e. The SMILES string of the molecule is CCCCC(=NCC1=CC=C(c2ccccc2C#N)CC1)NNC1=CC2=C(CC1)OC(C)(C)C2. The monoisotopic (exact) mass is 456 g/mol. The van der Waals surface area contributed by atoms with Crippen LogP contribution in [-0.2, 0) is 4.74 Å². The lowest BCUT2D eigenvalue weighted by molar-refractivity contribution is 0.0568. The van der Waals surface area contributed by atoms with Gasteiger partial charge >= 0.3 is 0 Å². The Morgan fingerprint density at radius 1 is 1.15 bits per heavy atom. The quantitative estimate of drug-likeness (QED) is 0.267. The van der Waals surface area contributed by atoms with Crippen LogP contribution >= 0.6 is 0 Å². The maximum absolute atomic E-state index is 9.39. The second-order valence-electron chi connectivity index (χ2n) is 9.95. The maximum Gasteiger partial charge on any atom is 0.115 e. The average molecular weight is 457 g/mol. The van der Waals surface area contributed by atoms with Gasteiger partial charge < -0.3 is 10.2 Å². The normalized spacial score (nSPS) is 19.4. The highest BCUT2D eigenvalue weighted by molar-refractivity contribution is 5.82. The topological polar surface area (TPSA) is 69.4 Å². The molecule has 0 saturated heterocycles. The van der Waals surface area contributed by atoms with Crippen LogP contribution in [0.1, 0.15) is 83.3 Å². The molecule has 0 radical (unpaired) electrons. The lowest BCUT2D eigenvalue weighted by Crippen LogP contribution is -2.37. The first-order valence-corrected chi connectivity index (χ1v) is 12.5. The lowest BCUT2D eigenvalue weighted by Gasteiger charge is -2.20. The Bertz CT molecular complexity index is 1110. The Kier molecular flexibility index (Phi) is 7.57. The molecule has 0 saturated carbocycles. The summed E-state index contributed by atoms with van der Waals surface area (Å²) < 4.78 is 6.07. The van der Waals surface area contributed by atoms with E-state index in [0.29, 0.717) is 6.54 Å². The Labute approximate surface area is 204 Å². The first-order valence-electron chi connectivity index (χ1n) is 12.5. The number of allylic oxidation sites excluding steroid dienone is 6. The van der Waals surface area contributed by atoms with E-state index in [-0.39, 0.29) is 5.60 Å². The number of aliphatic imine (C=N–C) groups is 1. The van der Waals surface area contributed by atoms with Crippen LogP contribution in [-0.4, -0.2) is 18.0 Å². The second kappa shape index (κ2) is 10.8. The Morgan fingerprint density at radius 2 is 2.00 bits per heavy atom. The van der Waals surface area contributed by atoms with Gasteiger partial charge in [0.2, 0.25) is 0 Å². The molecule has 178 valence electrons. The number of benzene rings is 1. The molecule has 1 aromatic rings. The summed E-state index contributed by atoms with van der Waals surface area (Å²) in [6, 6.07) is 10.2. The van der Waals surface area contributed by atoms with E-state index < -0.39 is 0 Å². The molecular weight excluding hydrogens is 420 g/mol. The molecule has 34 heavy (non-hydrogen) atoms. The van der Waals surface area contributed by atoms with E-state index in [1.165, 1.54) is 22.4 Å². The van der Waals surface area contributed by atoms with Crippen molar-refractivity contribution in [2.24, 2.45) is 4.99 Å². The van der Waals surface area contributed by atoms with Crippen molar-refractivity contribution < 1.29 is 4.74 Å². The molecule has 0 atom stereocenters. The van der Waals surface area contributed by atoms with E-state index >= 15 is 0 Å². The van der Waals surface area contributed by atoms with Gasteiger partial charge in [0.1, 0.15) is 17.2 Å². The zero-order valence-electron chi connectivity index (χ0n) is 20.7. The van der Waals surface area contributed by atoms with Crippen LogP contribution in [0.2, 0.25) is 0 Å². The van der Waals surface area contributed by atoms with E-state index in [4.69, 9.17) is 9.73 Å². The fourth-order valence-corrected chi connectivity index (χ4v) is 4.74. The standard InChI is InChI=1S/C29H36N4O/c1-4-5-10-28(33-32-25-15-16-27-24(17-25)18-29(2,3)34-27)31-20-21-11-13-22(14-12-21)26-9-7-6-8-23(26)19-30/h6-9,11,13,17,32H,4-5,10,12,14-16,18,20H2,1-3H3,(H,31,33). The number of amidine groups is 1. The van der Waals surface area contributed by atoms with Gasteiger partial charge in [-0.05, 0) is 74.0 Å². The van der Waals surface area contributed by atoms with Crippen molar-refractivity contribution in [2.45, 2.75) is 77.7 Å². The molecule has 0 bridgehead atoms. The predicted octanol–water partition coefficient (Wildman–Crippen LogP) is 6.48. The van der Waals surface area contributed by atoms with Crippen molar-refractivity contribution in [3.8, 4) is 6.07 Å². The minimum atomic E-state index is -0.0868. The van der Waals surface area contributed by atoms with Crippen molar-refractivity contribution in [1.82, 2.24) is 10.9 Å². The van der Waals surface area contributed by atoms with Gasteiger partial charge in [-0.3, -0.25) is 10.4 Å². The maximum atomic E-state index is 9.39. The molecule has 0 unspecified atom stereocenters. The van der Waals surface area contributed by atoms with Crippen LogP contribution in [0.4, 0.5) is 0 Å². The van der Waals surface area contributed by atoms with E-state index in [2.05, 4.69) is 55.9 Å². The molecule has 5 nitrogen and oxygen atoms in total. The van der Waals surface area contributed by atoms with Gasteiger partial charge in [0.25, 0.3) is 0 Å². The first kappa shape index (κ1) is 23.9.